The van der Waals surface area contributed by atoms with Crippen LogP contribution in [0.3, 0.4) is 0 Å². The number of carbonyl (C=O) groups is 1. The minimum atomic E-state index is -0.271. The van der Waals surface area contributed by atoms with Gasteiger partial charge in [-0.3, -0.25) is 9.59 Å². The molecule has 0 bridgehead atoms. The molecule has 3 aromatic heterocycles. The predicted octanol–water partition coefficient (Wildman–Crippen LogP) is 0.658. The lowest BCUT2D eigenvalue weighted by Gasteiger charge is -2.06. The van der Waals surface area contributed by atoms with Crippen molar-refractivity contribution in [2.24, 2.45) is 0 Å². The number of amides is 1. The zero-order chi connectivity index (χ0) is 16.6. The molecule has 0 fully saturated rings. The van der Waals surface area contributed by atoms with Crippen LogP contribution in [0.2, 0.25) is 0 Å². The van der Waals surface area contributed by atoms with Gasteiger partial charge in [0.2, 0.25) is 10.9 Å². The summed E-state index contributed by atoms with van der Waals surface area (Å²) in [6.07, 6.45) is 1.78. The third kappa shape index (κ3) is 3.29. The van der Waals surface area contributed by atoms with Gasteiger partial charge in [0, 0.05) is 11.3 Å². The van der Waals surface area contributed by atoms with Crippen molar-refractivity contribution in [2.45, 2.75) is 33.7 Å². The summed E-state index contributed by atoms with van der Waals surface area (Å²) in [4.78, 5) is 35.9. The van der Waals surface area contributed by atoms with E-state index in [2.05, 4.69) is 25.4 Å². The Balaban J connectivity index is 1.65. The highest BCUT2D eigenvalue weighted by Gasteiger charge is 2.12. The van der Waals surface area contributed by atoms with Gasteiger partial charge < -0.3 is 10.3 Å². The maximum absolute atomic E-state index is 12.0. The van der Waals surface area contributed by atoms with E-state index in [0.29, 0.717) is 23.6 Å². The Morgan fingerprint density at radius 2 is 2.13 bits per heavy atom. The first-order valence-corrected chi connectivity index (χ1v) is 7.89. The van der Waals surface area contributed by atoms with Crippen molar-refractivity contribution < 1.29 is 4.79 Å². The van der Waals surface area contributed by atoms with Crippen molar-refractivity contribution in [1.29, 1.82) is 0 Å². The Bertz CT molecular complexity index is 907. The average molecular weight is 332 g/mol. The number of aryl methyl sites for hydroxylation is 3. The smallest absolute Gasteiger partial charge is 0.254 e. The number of rotatable bonds is 4. The van der Waals surface area contributed by atoms with E-state index in [-0.39, 0.29) is 17.9 Å². The number of H-pyrrole nitrogens is 1. The van der Waals surface area contributed by atoms with Crippen molar-refractivity contribution in [3.8, 4) is 0 Å². The fraction of sp³-hybridized carbons (Fsp3) is 0.357. The molecule has 0 spiro atoms. The fourth-order valence-electron chi connectivity index (χ4n) is 2.30. The molecule has 3 rings (SSSR count). The number of carbonyl (C=O) groups excluding carboxylic acids is 1. The molecule has 0 saturated carbocycles. The third-order valence-corrected chi connectivity index (χ3v) is 4.18. The Morgan fingerprint density at radius 1 is 1.35 bits per heavy atom. The second-order valence-electron chi connectivity index (χ2n) is 5.25. The van der Waals surface area contributed by atoms with Crippen LogP contribution in [0.5, 0.6) is 0 Å². The maximum Gasteiger partial charge on any atom is 0.254 e. The second-order valence-corrected chi connectivity index (χ2v) is 6.41. The van der Waals surface area contributed by atoms with Crippen LogP contribution in [-0.4, -0.2) is 30.5 Å². The van der Waals surface area contributed by atoms with Crippen LogP contribution in [0.15, 0.2) is 11.0 Å². The van der Waals surface area contributed by atoms with Gasteiger partial charge in [0.15, 0.2) is 0 Å². The molecule has 1 amide bonds. The van der Waals surface area contributed by atoms with Crippen LogP contribution < -0.4 is 10.9 Å². The van der Waals surface area contributed by atoms with E-state index in [4.69, 9.17) is 0 Å². The predicted molar refractivity (Wildman–Crippen MR) is 85.5 cm³/mol. The molecule has 0 aromatic carbocycles. The highest BCUT2D eigenvalue weighted by Crippen LogP contribution is 2.13. The number of aromatic amines is 1. The first-order valence-electron chi connectivity index (χ1n) is 7.07. The summed E-state index contributed by atoms with van der Waals surface area (Å²) in [5.41, 5.74) is 1.41. The summed E-state index contributed by atoms with van der Waals surface area (Å²) >= 11 is 1.49. The summed E-state index contributed by atoms with van der Waals surface area (Å²) in [5.74, 6) is 0.294. The largest absolute Gasteiger partial charge is 0.350 e. The van der Waals surface area contributed by atoms with Crippen LogP contribution >= 0.6 is 11.3 Å². The molecule has 0 atom stereocenters. The molecule has 8 nitrogen and oxygen atoms in total. The number of hydrogen-bond donors (Lipinski definition) is 2. The fourth-order valence-corrected chi connectivity index (χ4v) is 3.04. The number of imidazole rings is 1. The van der Waals surface area contributed by atoms with E-state index in [1.165, 1.54) is 11.3 Å². The maximum atomic E-state index is 12.0. The highest BCUT2D eigenvalue weighted by molar-refractivity contribution is 7.16. The van der Waals surface area contributed by atoms with E-state index in [1.54, 1.807) is 24.6 Å². The zero-order valence-corrected chi connectivity index (χ0v) is 13.8. The Kier molecular flexibility index (Phi) is 3.95. The van der Waals surface area contributed by atoms with Gasteiger partial charge in [-0.2, -0.15) is 5.10 Å². The van der Waals surface area contributed by atoms with Gasteiger partial charge in [-0.25, -0.2) is 14.5 Å². The van der Waals surface area contributed by atoms with Gasteiger partial charge >= 0.3 is 0 Å². The van der Waals surface area contributed by atoms with Crippen molar-refractivity contribution in [2.75, 3.05) is 0 Å². The SMILES string of the molecule is Cc1nc(C)c(CC(=O)NCc2cn3nc(C)sc3n2)c(=O)[nH]1. The minimum absolute atomic E-state index is 0.00593. The summed E-state index contributed by atoms with van der Waals surface area (Å²) in [5, 5.41) is 7.96. The van der Waals surface area contributed by atoms with Gasteiger partial charge in [0.25, 0.3) is 5.56 Å². The van der Waals surface area contributed by atoms with Crippen molar-refractivity contribution in [3.05, 3.63) is 44.3 Å². The number of hydrogen-bond acceptors (Lipinski definition) is 6. The van der Waals surface area contributed by atoms with Gasteiger partial charge in [0.05, 0.1) is 24.9 Å². The standard InChI is InChI=1S/C14H16N6O2S/c1-7-11(13(22)17-8(2)16-7)4-12(21)15-5-10-6-20-14(18-10)23-9(3)19-20/h6H,4-5H2,1-3H3,(H,15,21)(H,16,17,22). The van der Waals surface area contributed by atoms with E-state index >= 15 is 0 Å². The van der Waals surface area contributed by atoms with Crippen molar-refractivity contribution >= 4 is 22.2 Å². The van der Waals surface area contributed by atoms with Gasteiger partial charge in [0.1, 0.15) is 10.8 Å². The summed E-state index contributed by atoms with van der Waals surface area (Å²) in [6, 6.07) is 0. The van der Waals surface area contributed by atoms with Gasteiger partial charge in [-0.05, 0) is 20.8 Å². The average Bonchev–Trinajstić information content (AvgIpc) is 2.97. The van der Waals surface area contributed by atoms with Crippen molar-refractivity contribution in [3.63, 3.8) is 0 Å². The Labute approximate surface area is 135 Å². The molecule has 0 saturated heterocycles. The summed E-state index contributed by atoms with van der Waals surface area (Å²) < 4.78 is 1.69. The lowest BCUT2D eigenvalue weighted by atomic mass is 10.1. The van der Waals surface area contributed by atoms with Crippen LogP contribution in [0.1, 0.15) is 27.8 Å². The van der Waals surface area contributed by atoms with E-state index < -0.39 is 0 Å². The summed E-state index contributed by atoms with van der Waals surface area (Å²) in [6.45, 7) is 5.64. The lowest BCUT2D eigenvalue weighted by Crippen LogP contribution is -2.29. The molecular weight excluding hydrogens is 316 g/mol. The quantitative estimate of drug-likeness (QED) is 0.730. The van der Waals surface area contributed by atoms with Crippen LogP contribution in [-0.2, 0) is 17.8 Å². The lowest BCUT2D eigenvalue weighted by molar-refractivity contribution is -0.120. The van der Waals surface area contributed by atoms with Gasteiger partial charge in [-0.15, -0.1) is 0 Å². The minimum Gasteiger partial charge on any atom is -0.350 e. The van der Waals surface area contributed by atoms with Crippen LogP contribution in [0.25, 0.3) is 4.96 Å². The number of nitrogens with zero attached hydrogens (tertiary/aromatic N) is 4. The number of aromatic nitrogens is 5. The molecule has 23 heavy (non-hydrogen) atoms. The molecule has 2 N–H and O–H groups in total. The summed E-state index contributed by atoms with van der Waals surface area (Å²) in [7, 11) is 0. The molecule has 0 radical (unpaired) electrons. The third-order valence-electron chi connectivity index (χ3n) is 3.34. The molecule has 0 aliphatic carbocycles. The monoisotopic (exact) mass is 332 g/mol. The number of fused-ring (bicyclic) bond motifs is 1. The van der Waals surface area contributed by atoms with E-state index in [9.17, 15) is 9.59 Å². The molecular formula is C14H16N6O2S. The van der Waals surface area contributed by atoms with Crippen LogP contribution in [0.4, 0.5) is 0 Å². The second kappa shape index (κ2) is 5.92. The topological polar surface area (TPSA) is 105 Å². The zero-order valence-electron chi connectivity index (χ0n) is 13.0. The Morgan fingerprint density at radius 3 is 2.83 bits per heavy atom. The molecule has 120 valence electrons. The van der Waals surface area contributed by atoms with E-state index in [0.717, 1.165) is 15.7 Å². The molecule has 3 heterocycles. The number of nitrogens with one attached hydrogen (secondary N) is 2. The first kappa shape index (κ1) is 15.3. The molecule has 3 aromatic rings. The normalized spacial score (nSPS) is 11.1. The van der Waals surface area contributed by atoms with E-state index in [1.807, 2.05) is 6.92 Å². The molecule has 0 unspecified atom stereocenters. The molecule has 0 aliphatic rings. The Hall–Kier alpha value is -2.55. The van der Waals surface area contributed by atoms with Crippen LogP contribution in [0, 0.1) is 20.8 Å². The highest BCUT2D eigenvalue weighted by atomic mass is 32.1. The molecule has 0 aliphatic heterocycles. The van der Waals surface area contributed by atoms with Crippen molar-refractivity contribution in [1.82, 2.24) is 29.9 Å². The molecule has 9 heteroatoms. The van der Waals surface area contributed by atoms with Gasteiger partial charge in [-0.1, -0.05) is 11.3 Å². The first-order chi connectivity index (χ1) is 10.9.